The summed E-state index contributed by atoms with van der Waals surface area (Å²) in [5.41, 5.74) is 3.55. The third kappa shape index (κ3) is 5.15. The fraction of sp³-hybridized carbons (Fsp3) is 0.238. The first kappa shape index (κ1) is 17.6. The Labute approximate surface area is 150 Å². The molecule has 25 heavy (non-hydrogen) atoms. The van der Waals surface area contributed by atoms with E-state index in [1.54, 1.807) is 18.2 Å². The van der Waals surface area contributed by atoms with E-state index in [4.69, 9.17) is 0 Å². The van der Waals surface area contributed by atoms with Crippen LogP contribution in [0, 0.1) is 0 Å². The first-order valence-electron chi connectivity index (χ1n) is 8.44. The highest BCUT2D eigenvalue weighted by Gasteiger charge is 2.10. The predicted molar refractivity (Wildman–Crippen MR) is 103 cm³/mol. The van der Waals surface area contributed by atoms with Gasteiger partial charge in [-0.2, -0.15) is 0 Å². The Morgan fingerprint density at radius 2 is 1.84 bits per heavy atom. The molecule has 2 aromatic carbocycles. The second kappa shape index (κ2) is 7.81. The van der Waals surface area contributed by atoms with E-state index >= 15 is 0 Å². The van der Waals surface area contributed by atoms with E-state index in [1.807, 2.05) is 18.2 Å². The maximum atomic E-state index is 11.6. The molecule has 0 atom stereocenters. The highest BCUT2D eigenvalue weighted by atomic mass is 32.2. The summed E-state index contributed by atoms with van der Waals surface area (Å²) in [6, 6.07) is 17.6. The summed E-state index contributed by atoms with van der Waals surface area (Å²) in [6.07, 6.45) is 8.59. The third-order valence-corrected chi connectivity index (χ3v) is 5.46. The van der Waals surface area contributed by atoms with E-state index in [0.29, 0.717) is 4.90 Å². The number of rotatable bonds is 5. The van der Waals surface area contributed by atoms with Gasteiger partial charge in [-0.1, -0.05) is 60.7 Å². The normalized spacial score (nSPS) is 16.1. The summed E-state index contributed by atoms with van der Waals surface area (Å²) < 4.78 is 23.3. The minimum absolute atomic E-state index is 0.362. The summed E-state index contributed by atoms with van der Waals surface area (Å²) in [4.78, 5) is 2.79. The average Bonchev–Trinajstić information content (AvgIpc) is 2.62. The van der Waals surface area contributed by atoms with Crippen LogP contribution in [0.5, 0.6) is 0 Å². The molecule has 0 radical (unpaired) electrons. The monoisotopic (exact) mass is 353 g/mol. The number of allylic oxidation sites excluding steroid dienone is 1. The summed E-state index contributed by atoms with van der Waals surface area (Å²) in [5, 5.41) is 0. The lowest BCUT2D eigenvalue weighted by molar-refractivity contribution is 0.287. The third-order valence-electron chi connectivity index (χ3n) is 4.35. The largest absolute Gasteiger partial charge is 0.295 e. The molecule has 0 saturated carbocycles. The van der Waals surface area contributed by atoms with E-state index in [9.17, 15) is 8.42 Å². The minimum atomic E-state index is -3.16. The van der Waals surface area contributed by atoms with E-state index in [-0.39, 0.29) is 0 Å². The molecule has 1 aliphatic rings. The smallest absolute Gasteiger partial charge is 0.175 e. The summed E-state index contributed by atoms with van der Waals surface area (Å²) >= 11 is 0. The molecule has 0 saturated heterocycles. The summed E-state index contributed by atoms with van der Waals surface area (Å²) in [6.45, 7) is 2.96. The van der Waals surface area contributed by atoms with Gasteiger partial charge >= 0.3 is 0 Å². The molecule has 0 aromatic heterocycles. The van der Waals surface area contributed by atoms with Gasteiger partial charge in [0, 0.05) is 25.9 Å². The first-order valence-corrected chi connectivity index (χ1v) is 10.3. The van der Waals surface area contributed by atoms with E-state index in [0.717, 1.165) is 31.6 Å². The van der Waals surface area contributed by atoms with Crippen molar-refractivity contribution in [2.45, 2.75) is 17.9 Å². The van der Waals surface area contributed by atoms with Gasteiger partial charge in [0.05, 0.1) is 4.90 Å². The van der Waals surface area contributed by atoms with Gasteiger partial charge in [0.2, 0.25) is 0 Å². The molecule has 0 bridgehead atoms. The average molecular weight is 353 g/mol. The zero-order chi connectivity index (χ0) is 17.7. The van der Waals surface area contributed by atoms with Crippen molar-refractivity contribution < 1.29 is 8.42 Å². The molecule has 0 N–H and O–H groups in total. The van der Waals surface area contributed by atoms with Gasteiger partial charge in [-0.05, 0) is 35.3 Å². The number of hydrogen-bond acceptors (Lipinski definition) is 3. The topological polar surface area (TPSA) is 37.4 Å². The fourth-order valence-corrected chi connectivity index (χ4v) is 3.59. The summed E-state index contributed by atoms with van der Waals surface area (Å²) in [5.74, 6) is 0. The van der Waals surface area contributed by atoms with E-state index in [1.165, 1.54) is 17.4 Å². The Balaban J connectivity index is 1.62. The molecule has 1 aliphatic heterocycles. The molecule has 3 nitrogen and oxygen atoms in total. The Kier molecular flexibility index (Phi) is 5.51. The molecule has 2 aromatic rings. The van der Waals surface area contributed by atoms with Gasteiger partial charge in [0.15, 0.2) is 9.84 Å². The van der Waals surface area contributed by atoms with Crippen molar-refractivity contribution in [3.63, 3.8) is 0 Å². The molecule has 4 heteroatoms. The number of nitrogens with zero attached hydrogens (tertiary/aromatic N) is 1. The highest BCUT2D eigenvalue weighted by Crippen LogP contribution is 2.17. The molecule has 0 amide bonds. The maximum absolute atomic E-state index is 11.6. The SMILES string of the molecule is CS(=O)(=O)c1cccc(/C=C/C2=CCN(Cc3ccccc3)CC2)c1. The molecule has 3 rings (SSSR count). The lowest BCUT2D eigenvalue weighted by Gasteiger charge is -2.25. The Morgan fingerprint density at radius 1 is 1.04 bits per heavy atom. The van der Waals surface area contributed by atoms with Crippen molar-refractivity contribution >= 4 is 15.9 Å². The van der Waals surface area contributed by atoms with Gasteiger partial charge in [0.1, 0.15) is 0 Å². The zero-order valence-corrected chi connectivity index (χ0v) is 15.2. The first-order chi connectivity index (χ1) is 12.0. The van der Waals surface area contributed by atoms with Crippen LogP contribution in [-0.2, 0) is 16.4 Å². The zero-order valence-electron chi connectivity index (χ0n) is 14.4. The van der Waals surface area contributed by atoms with Crippen LogP contribution in [-0.4, -0.2) is 32.7 Å². The van der Waals surface area contributed by atoms with Crippen LogP contribution in [0.2, 0.25) is 0 Å². The van der Waals surface area contributed by atoms with Gasteiger partial charge in [-0.25, -0.2) is 8.42 Å². The van der Waals surface area contributed by atoms with Crippen molar-refractivity contribution in [1.82, 2.24) is 4.90 Å². The molecule has 130 valence electrons. The van der Waals surface area contributed by atoms with Crippen molar-refractivity contribution in [2.24, 2.45) is 0 Å². The molecular weight excluding hydrogens is 330 g/mol. The standard InChI is InChI=1S/C21H23NO2S/c1-25(23,24)21-9-5-8-19(16-21)11-10-18-12-14-22(15-13-18)17-20-6-3-2-4-7-20/h2-12,16H,13-15,17H2,1H3/b11-10+. The molecule has 0 aliphatic carbocycles. The number of sulfone groups is 1. The van der Waals surface area contributed by atoms with Crippen LogP contribution in [0.15, 0.2) is 77.2 Å². The molecule has 1 heterocycles. The maximum Gasteiger partial charge on any atom is 0.175 e. The Bertz CT molecular complexity index is 883. The molecule has 0 fully saturated rings. The Morgan fingerprint density at radius 3 is 2.52 bits per heavy atom. The number of hydrogen-bond donors (Lipinski definition) is 0. The predicted octanol–water partition coefficient (Wildman–Crippen LogP) is 3.94. The van der Waals surface area contributed by atoms with Crippen molar-refractivity contribution in [1.29, 1.82) is 0 Å². The lowest BCUT2D eigenvalue weighted by atomic mass is 10.1. The summed E-state index contributed by atoms with van der Waals surface area (Å²) in [7, 11) is -3.16. The van der Waals surface area contributed by atoms with E-state index in [2.05, 4.69) is 41.3 Å². The van der Waals surface area contributed by atoms with Gasteiger partial charge in [0.25, 0.3) is 0 Å². The van der Waals surface area contributed by atoms with Crippen LogP contribution >= 0.6 is 0 Å². The minimum Gasteiger partial charge on any atom is -0.295 e. The lowest BCUT2D eigenvalue weighted by Crippen LogP contribution is -2.27. The fourth-order valence-electron chi connectivity index (χ4n) is 2.92. The van der Waals surface area contributed by atoms with Crippen molar-refractivity contribution in [3.8, 4) is 0 Å². The molecule has 0 spiro atoms. The van der Waals surface area contributed by atoms with Crippen LogP contribution in [0.25, 0.3) is 6.08 Å². The molecule has 0 unspecified atom stereocenters. The van der Waals surface area contributed by atoms with Gasteiger partial charge in [-0.3, -0.25) is 4.90 Å². The van der Waals surface area contributed by atoms with Crippen LogP contribution in [0.1, 0.15) is 17.5 Å². The second-order valence-electron chi connectivity index (χ2n) is 6.43. The van der Waals surface area contributed by atoms with Gasteiger partial charge in [-0.15, -0.1) is 0 Å². The van der Waals surface area contributed by atoms with Crippen molar-refractivity contribution in [3.05, 3.63) is 83.4 Å². The second-order valence-corrected chi connectivity index (χ2v) is 8.44. The highest BCUT2D eigenvalue weighted by molar-refractivity contribution is 7.90. The Hall–Kier alpha value is -2.17. The van der Waals surface area contributed by atoms with Crippen molar-refractivity contribution in [2.75, 3.05) is 19.3 Å². The molecular formula is C21H23NO2S. The van der Waals surface area contributed by atoms with Crippen LogP contribution < -0.4 is 0 Å². The van der Waals surface area contributed by atoms with E-state index < -0.39 is 9.84 Å². The van der Waals surface area contributed by atoms with Crippen LogP contribution in [0.3, 0.4) is 0 Å². The van der Waals surface area contributed by atoms with Crippen LogP contribution in [0.4, 0.5) is 0 Å². The quantitative estimate of drug-likeness (QED) is 0.817. The van der Waals surface area contributed by atoms with Gasteiger partial charge < -0.3 is 0 Å². The number of benzene rings is 2.